The van der Waals surface area contributed by atoms with Crippen molar-refractivity contribution < 1.29 is 22.3 Å². The van der Waals surface area contributed by atoms with Crippen molar-refractivity contribution >= 4 is 26.5 Å². The Morgan fingerprint density at radius 1 is 1.03 bits per heavy atom. The van der Waals surface area contributed by atoms with Crippen LogP contribution in [-0.4, -0.2) is 55.6 Å². The summed E-state index contributed by atoms with van der Waals surface area (Å²) in [6.45, 7) is 2.56. The molecule has 2 aliphatic heterocycles. The van der Waals surface area contributed by atoms with Gasteiger partial charge in [-0.05, 0) is 49.4 Å². The van der Waals surface area contributed by atoms with Gasteiger partial charge >= 0.3 is 0 Å². The third kappa shape index (κ3) is 3.48. The Kier molecular flexibility index (Phi) is 4.96. The normalized spacial score (nSPS) is 16.6. The van der Waals surface area contributed by atoms with Gasteiger partial charge < -0.3 is 18.8 Å². The van der Waals surface area contributed by atoms with Crippen LogP contribution in [0.25, 0.3) is 27.9 Å². The van der Waals surface area contributed by atoms with E-state index in [-0.39, 0.29) is 4.90 Å². The highest BCUT2D eigenvalue weighted by Gasteiger charge is 2.26. The topological polar surface area (TPSA) is 86.8 Å². The number of nitrogens with zero attached hydrogens (tertiary/aromatic N) is 3. The smallest absolute Gasteiger partial charge is 0.268 e. The lowest BCUT2D eigenvalue weighted by molar-refractivity contribution is 0.171. The SMILES string of the molecule is CN1CC=C(c2cn(S(=O)(=O)c3ccc4c(c3)OCCO4)c3ccc(-c4ncco4)cc23)CC1. The van der Waals surface area contributed by atoms with Gasteiger partial charge in [-0.25, -0.2) is 17.4 Å². The maximum absolute atomic E-state index is 13.8. The lowest BCUT2D eigenvalue weighted by Crippen LogP contribution is -2.23. The molecule has 0 amide bonds. The van der Waals surface area contributed by atoms with Crippen molar-refractivity contribution in [3.05, 3.63) is 66.7 Å². The Morgan fingerprint density at radius 2 is 1.88 bits per heavy atom. The quantitative estimate of drug-likeness (QED) is 0.439. The summed E-state index contributed by atoms with van der Waals surface area (Å²) in [7, 11) is -1.82. The number of benzene rings is 2. The van der Waals surface area contributed by atoms with E-state index in [1.54, 1.807) is 24.5 Å². The van der Waals surface area contributed by atoms with Crippen molar-refractivity contribution in [1.29, 1.82) is 0 Å². The molecule has 0 saturated carbocycles. The van der Waals surface area contributed by atoms with Crippen LogP contribution in [-0.2, 0) is 10.0 Å². The second kappa shape index (κ2) is 8.03. The molecule has 0 unspecified atom stereocenters. The molecule has 0 fully saturated rings. The average Bonchev–Trinajstić information content (AvgIpc) is 3.53. The first-order valence-electron chi connectivity index (χ1n) is 11.1. The van der Waals surface area contributed by atoms with Crippen molar-refractivity contribution in [3.8, 4) is 23.0 Å². The van der Waals surface area contributed by atoms with Crippen LogP contribution in [0.3, 0.4) is 0 Å². The summed E-state index contributed by atoms with van der Waals surface area (Å²) in [6.07, 6.45) is 7.85. The summed E-state index contributed by atoms with van der Waals surface area (Å²) in [5.41, 5.74) is 3.42. The molecule has 0 N–H and O–H groups in total. The Labute approximate surface area is 197 Å². The highest BCUT2D eigenvalue weighted by Crippen LogP contribution is 2.37. The second-order valence-electron chi connectivity index (χ2n) is 8.46. The van der Waals surface area contributed by atoms with E-state index in [9.17, 15) is 8.42 Å². The molecule has 6 rings (SSSR count). The van der Waals surface area contributed by atoms with Crippen LogP contribution in [0.1, 0.15) is 12.0 Å². The van der Waals surface area contributed by atoms with E-state index < -0.39 is 10.0 Å². The lowest BCUT2D eigenvalue weighted by Gasteiger charge is -2.21. The van der Waals surface area contributed by atoms with E-state index in [4.69, 9.17) is 13.9 Å². The molecular formula is C25H23N3O5S. The first-order chi connectivity index (χ1) is 16.5. The summed E-state index contributed by atoms with van der Waals surface area (Å²) in [4.78, 5) is 6.63. The molecule has 2 aromatic carbocycles. The molecule has 8 nitrogen and oxygen atoms in total. The first kappa shape index (κ1) is 21.0. The first-order valence-corrected chi connectivity index (χ1v) is 12.5. The zero-order valence-corrected chi connectivity index (χ0v) is 19.4. The molecule has 0 atom stereocenters. The Morgan fingerprint density at radius 3 is 2.65 bits per heavy atom. The Bertz CT molecular complexity index is 1520. The minimum Gasteiger partial charge on any atom is -0.486 e. The highest BCUT2D eigenvalue weighted by molar-refractivity contribution is 7.90. The largest absolute Gasteiger partial charge is 0.486 e. The van der Waals surface area contributed by atoms with E-state index >= 15 is 0 Å². The van der Waals surface area contributed by atoms with Crippen molar-refractivity contribution in [1.82, 2.24) is 13.9 Å². The fraction of sp³-hybridized carbons (Fsp3) is 0.240. The van der Waals surface area contributed by atoms with Gasteiger partial charge in [0.05, 0.1) is 16.6 Å². The molecule has 174 valence electrons. The predicted octanol–water partition coefficient (Wildman–Crippen LogP) is 4.02. The zero-order valence-electron chi connectivity index (χ0n) is 18.6. The average molecular weight is 478 g/mol. The molecule has 4 aromatic rings. The molecule has 2 aromatic heterocycles. The van der Waals surface area contributed by atoms with E-state index in [1.807, 2.05) is 18.2 Å². The third-order valence-corrected chi connectivity index (χ3v) is 7.95. The number of hydrogen-bond acceptors (Lipinski definition) is 7. The van der Waals surface area contributed by atoms with E-state index in [0.29, 0.717) is 36.1 Å². The third-order valence-electron chi connectivity index (χ3n) is 6.28. The van der Waals surface area contributed by atoms with Crippen LogP contribution in [0.15, 0.2) is 70.4 Å². The van der Waals surface area contributed by atoms with Crippen LogP contribution in [0.5, 0.6) is 11.5 Å². The minimum absolute atomic E-state index is 0.148. The molecule has 0 aliphatic carbocycles. The number of aromatic nitrogens is 2. The molecule has 0 spiro atoms. The van der Waals surface area contributed by atoms with Crippen LogP contribution in [0, 0.1) is 0 Å². The van der Waals surface area contributed by atoms with Crippen molar-refractivity contribution in [2.75, 3.05) is 33.4 Å². The van der Waals surface area contributed by atoms with Gasteiger partial charge in [-0.15, -0.1) is 0 Å². The number of oxazole rings is 1. The van der Waals surface area contributed by atoms with Crippen molar-refractivity contribution in [3.63, 3.8) is 0 Å². The van der Waals surface area contributed by atoms with Crippen molar-refractivity contribution in [2.45, 2.75) is 11.3 Å². The lowest BCUT2D eigenvalue weighted by atomic mass is 9.98. The standard InChI is InChI=1S/C25H23N3O5S/c1-27-9-6-17(7-10-27)21-16-28(22-4-2-18(14-20(21)22)25-26-8-11-33-25)34(29,30)19-3-5-23-24(15-19)32-13-12-31-23/h2-6,8,11,14-16H,7,9-10,12-13H2,1H3. The number of hydrogen-bond donors (Lipinski definition) is 0. The summed E-state index contributed by atoms with van der Waals surface area (Å²) >= 11 is 0. The molecule has 4 heterocycles. The van der Waals surface area contributed by atoms with Gasteiger partial charge in [0.25, 0.3) is 10.0 Å². The van der Waals surface area contributed by atoms with Gasteiger partial charge in [0, 0.05) is 41.9 Å². The second-order valence-corrected chi connectivity index (χ2v) is 10.3. The molecule has 0 bridgehead atoms. The Hall–Kier alpha value is -3.56. The fourth-order valence-electron chi connectivity index (χ4n) is 4.47. The van der Waals surface area contributed by atoms with Crippen molar-refractivity contribution in [2.24, 2.45) is 0 Å². The van der Waals surface area contributed by atoms with Crippen LogP contribution in [0.4, 0.5) is 0 Å². The molecule has 2 aliphatic rings. The van der Waals surface area contributed by atoms with Gasteiger partial charge in [0.1, 0.15) is 19.5 Å². The number of ether oxygens (including phenoxy) is 2. The zero-order chi connectivity index (χ0) is 23.3. The number of rotatable bonds is 4. The Balaban J connectivity index is 1.53. The van der Waals surface area contributed by atoms with Crippen LogP contribution < -0.4 is 9.47 Å². The van der Waals surface area contributed by atoms with Crippen LogP contribution in [0.2, 0.25) is 0 Å². The summed E-state index contributed by atoms with van der Waals surface area (Å²) < 4.78 is 45.6. The maximum atomic E-state index is 13.8. The van der Waals surface area contributed by atoms with Gasteiger partial charge in [-0.3, -0.25) is 0 Å². The van der Waals surface area contributed by atoms with E-state index in [0.717, 1.165) is 41.6 Å². The molecule has 34 heavy (non-hydrogen) atoms. The van der Waals surface area contributed by atoms with E-state index in [1.165, 1.54) is 16.3 Å². The van der Waals surface area contributed by atoms with Gasteiger partial charge in [-0.1, -0.05) is 6.08 Å². The number of fused-ring (bicyclic) bond motifs is 2. The maximum Gasteiger partial charge on any atom is 0.268 e. The molecular weight excluding hydrogens is 454 g/mol. The number of likely N-dealkylation sites (N-methyl/N-ethyl adjacent to an activating group) is 1. The highest BCUT2D eigenvalue weighted by atomic mass is 32.2. The van der Waals surface area contributed by atoms with Gasteiger partial charge in [0.15, 0.2) is 11.5 Å². The van der Waals surface area contributed by atoms with E-state index in [2.05, 4.69) is 23.0 Å². The molecule has 0 radical (unpaired) electrons. The fourth-order valence-corrected chi connectivity index (χ4v) is 5.85. The summed E-state index contributed by atoms with van der Waals surface area (Å²) in [5.74, 6) is 1.48. The minimum atomic E-state index is -3.89. The predicted molar refractivity (Wildman–Crippen MR) is 128 cm³/mol. The van der Waals surface area contributed by atoms with Gasteiger partial charge in [-0.2, -0.15) is 0 Å². The van der Waals surface area contributed by atoms with Crippen LogP contribution >= 0.6 is 0 Å². The monoisotopic (exact) mass is 477 g/mol. The molecule has 0 saturated heterocycles. The molecule has 9 heteroatoms. The van der Waals surface area contributed by atoms with Gasteiger partial charge in [0.2, 0.25) is 5.89 Å². The summed E-state index contributed by atoms with van der Waals surface area (Å²) in [5, 5.41) is 0.840. The summed E-state index contributed by atoms with van der Waals surface area (Å²) in [6, 6.07) is 10.3.